The fraction of sp³-hybridized carbons (Fsp3) is 0.909. The van der Waals surface area contributed by atoms with Gasteiger partial charge in [0.15, 0.2) is 0 Å². The van der Waals surface area contributed by atoms with Crippen molar-refractivity contribution in [3.63, 3.8) is 0 Å². The Kier molecular flexibility index (Phi) is 5.52. The molecular formula is C11H21ClN2O2. The highest BCUT2D eigenvalue weighted by Gasteiger charge is 2.33. The minimum Gasteiger partial charge on any atom is -0.465 e. The molecule has 0 saturated carbocycles. The van der Waals surface area contributed by atoms with E-state index in [4.69, 9.17) is 4.74 Å². The fourth-order valence-corrected chi connectivity index (χ4v) is 2.66. The van der Waals surface area contributed by atoms with Crippen molar-refractivity contribution in [1.82, 2.24) is 10.2 Å². The standard InChI is InChI=1S/C11H20N2O2.ClH/c1-2-15-11(14)8-13-6-4-10-9(7-13)3-5-12-10;/h9-10,12H,2-8H2,1H3;1H. The van der Waals surface area contributed by atoms with Crippen molar-refractivity contribution in [1.29, 1.82) is 0 Å². The Morgan fingerprint density at radius 1 is 1.50 bits per heavy atom. The first-order chi connectivity index (χ1) is 7.29. The highest BCUT2D eigenvalue weighted by Crippen LogP contribution is 2.24. The number of esters is 1. The van der Waals surface area contributed by atoms with Gasteiger partial charge in [-0.25, -0.2) is 0 Å². The van der Waals surface area contributed by atoms with Crippen molar-refractivity contribution < 1.29 is 9.53 Å². The quantitative estimate of drug-likeness (QED) is 0.745. The molecule has 2 aliphatic rings. The van der Waals surface area contributed by atoms with E-state index < -0.39 is 0 Å². The molecule has 0 amide bonds. The van der Waals surface area contributed by atoms with Gasteiger partial charge in [0.05, 0.1) is 13.2 Å². The van der Waals surface area contributed by atoms with Gasteiger partial charge < -0.3 is 10.1 Å². The van der Waals surface area contributed by atoms with E-state index in [1.165, 1.54) is 12.8 Å². The van der Waals surface area contributed by atoms with Crippen LogP contribution in [0.15, 0.2) is 0 Å². The maximum atomic E-state index is 11.3. The molecule has 0 aromatic carbocycles. The summed E-state index contributed by atoms with van der Waals surface area (Å²) >= 11 is 0. The van der Waals surface area contributed by atoms with E-state index in [1.54, 1.807) is 0 Å². The number of nitrogens with zero attached hydrogens (tertiary/aromatic N) is 1. The van der Waals surface area contributed by atoms with Crippen molar-refractivity contribution in [2.75, 3.05) is 32.8 Å². The van der Waals surface area contributed by atoms with E-state index in [0.717, 1.165) is 25.6 Å². The molecule has 5 heteroatoms. The smallest absolute Gasteiger partial charge is 0.320 e. The van der Waals surface area contributed by atoms with Crippen LogP contribution in [0, 0.1) is 5.92 Å². The monoisotopic (exact) mass is 248 g/mol. The van der Waals surface area contributed by atoms with Crippen LogP contribution in [-0.2, 0) is 9.53 Å². The summed E-state index contributed by atoms with van der Waals surface area (Å²) in [4.78, 5) is 13.6. The van der Waals surface area contributed by atoms with Crippen LogP contribution in [-0.4, -0.2) is 49.7 Å². The summed E-state index contributed by atoms with van der Waals surface area (Å²) in [6, 6.07) is 0.698. The largest absolute Gasteiger partial charge is 0.465 e. The van der Waals surface area contributed by atoms with E-state index in [2.05, 4.69) is 10.2 Å². The Morgan fingerprint density at radius 2 is 2.31 bits per heavy atom. The molecule has 0 aliphatic carbocycles. The molecule has 2 rings (SSSR count). The molecule has 2 unspecified atom stereocenters. The number of carbonyl (C=O) groups is 1. The van der Waals surface area contributed by atoms with Crippen LogP contribution in [0.5, 0.6) is 0 Å². The molecule has 0 aromatic rings. The molecule has 0 spiro atoms. The third-order valence-corrected chi connectivity index (χ3v) is 3.40. The molecule has 94 valence electrons. The van der Waals surface area contributed by atoms with Crippen molar-refractivity contribution in [2.45, 2.75) is 25.8 Å². The van der Waals surface area contributed by atoms with Crippen molar-refractivity contribution in [3.8, 4) is 0 Å². The second-order valence-corrected chi connectivity index (χ2v) is 4.44. The van der Waals surface area contributed by atoms with E-state index in [0.29, 0.717) is 19.2 Å². The molecule has 0 aromatic heterocycles. The maximum absolute atomic E-state index is 11.3. The zero-order valence-corrected chi connectivity index (χ0v) is 10.6. The van der Waals surface area contributed by atoms with Gasteiger partial charge in [0.2, 0.25) is 0 Å². The summed E-state index contributed by atoms with van der Waals surface area (Å²) in [5, 5.41) is 3.51. The first kappa shape index (κ1) is 13.7. The van der Waals surface area contributed by atoms with Gasteiger partial charge in [-0.15, -0.1) is 12.4 Å². The molecule has 4 nitrogen and oxygen atoms in total. The van der Waals surface area contributed by atoms with Gasteiger partial charge >= 0.3 is 5.97 Å². The third kappa shape index (κ3) is 3.34. The van der Waals surface area contributed by atoms with Crippen molar-refractivity contribution >= 4 is 18.4 Å². The second-order valence-electron chi connectivity index (χ2n) is 4.44. The van der Waals surface area contributed by atoms with Crippen LogP contribution in [0.2, 0.25) is 0 Å². The summed E-state index contributed by atoms with van der Waals surface area (Å²) in [6.45, 7) is 6.02. The summed E-state index contributed by atoms with van der Waals surface area (Å²) in [6.07, 6.45) is 2.42. The number of rotatable bonds is 3. The number of nitrogens with one attached hydrogen (secondary N) is 1. The van der Waals surface area contributed by atoms with Crippen molar-refractivity contribution in [2.24, 2.45) is 5.92 Å². The average molecular weight is 249 g/mol. The molecule has 0 radical (unpaired) electrons. The lowest BCUT2D eigenvalue weighted by Crippen LogP contribution is -2.46. The lowest BCUT2D eigenvalue weighted by atomic mass is 9.93. The van der Waals surface area contributed by atoms with Crippen LogP contribution < -0.4 is 5.32 Å². The summed E-state index contributed by atoms with van der Waals surface area (Å²) < 4.78 is 4.96. The zero-order valence-electron chi connectivity index (χ0n) is 9.78. The zero-order chi connectivity index (χ0) is 10.7. The number of ether oxygens (including phenoxy) is 1. The second kappa shape index (κ2) is 6.42. The predicted molar refractivity (Wildman–Crippen MR) is 64.8 cm³/mol. The maximum Gasteiger partial charge on any atom is 0.320 e. The minimum atomic E-state index is -0.0816. The Bertz CT molecular complexity index is 238. The third-order valence-electron chi connectivity index (χ3n) is 3.40. The first-order valence-corrected chi connectivity index (χ1v) is 5.91. The number of carbonyl (C=O) groups excluding carboxylic acids is 1. The molecule has 2 aliphatic heterocycles. The van der Waals surface area contributed by atoms with Gasteiger partial charge in [-0.2, -0.15) is 0 Å². The Labute approximate surface area is 103 Å². The van der Waals surface area contributed by atoms with Crippen LogP contribution in [0.3, 0.4) is 0 Å². The van der Waals surface area contributed by atoms with E-state index in [1.807, 2.05) is 6.92 Å². The molecule has 2 atom stereocenters. The SMILES string of the molecule is CCOC(=O)CN1CCC2NCCC2C1.Cl. The highest BCUT2D eigenvalue weighted by molar-refractivity contribution is 5.85. The van der Waals surface area contributed by atoms with E-state index in [-0.39, 0.29) is 18.4 Å². The summed E-state index contributed by atoms with van der Waals surface area (Å²) in [7, 11) is 0. The van der Waals surface area contributed by atoms with Gasteiger partial charge in [0.25, 0.3) is 0 Å². The summed E-state index contributed by atoms with van der Waals surface area (Å²) in [5.41, 5.74) is 0. The molecule has 16 heavy (non-hydrogen) atoms. The average Bonchev–Trinajstić information content (AvgIpc) is 2.65. The minimum absolute atomic E-state index is 0. The molecule has 2 saturated heterocycles. The fourth-order valence-electron chi connectivity index (χ4n) is 2.66. The number of piperidine rings is 1. The van der Waals surface area contributed by atoms with Crippen molar-refractivity contribution in [3.05, 3.63) is 0 Å². The number of halogens is 1. The lowest BCUT2D eigenvalue weighted by molar-refractivity contribution is -0.144. The Hall–Kier alpha value is -0.320. The van der Waals surface area contributed by atoms with Crippen LogP contribution in [0.4, 0.5) is 0 Å². The van der Waals surface area contributed by atoms with Gasteiger partial charge in [0, 0.05) is 19.1 Å². The predicted octanol–water partition coefficient (Wildman–Crippen LogP) is 0.655. The normalized spacial score (nSPS) is 29.3. The van der Waals surface area contributed by atoms with Crippen LogP contribution >= 0.6 is 12.4 Å². The number of hydrogen-bond acceptors (Lipinski definition) is 4. The van der Waals surface area contributed by atoms with Gasteiger partial charge in [-0.1, -0.05) is 0 Å². The summed E-state index contributed by atoms with van der Waals surface area (Å²) in [5.74, 6) is 0.662. The Morgan fingerprint density at radius 3 is 3.06 bits per heavy atom. The van der Waals surface area contributed by atoms with E-state index >= 15 is 0 Å². The molecule has 2 heterocycles. The molecule has 1 N–H and O–H groups in total. The molecular weight excluding hydrogens is 228 g/mol. The lowest BCUT2D eigenvalue weighted by Gasteiger charge is -2.34. The number of likely N-dealkylation sites (tertiary alicyclic amines) is 1. The van der Waals surface area contributed by atoms with Gasteiger partial charge in [-0.05, 0) is 32.2 Å². The highest BCUT2D eigenvalue weighted by atomic mass is 35.5. The van der Waals surface area contributed by atoms with E-state index in [9.17, 15) is 4.79 Å². The first-order valence-electron chi connectivity index (χ1n) is 5.91. The van der Waals surface area contributed by atoms with Gasteiger partial charge in [0.1, 0.15) is 0 Å². The number of fused-ring (bicyclic) bond motifs is 1. The number of hydrogen-bond donors (Lipinski definition) is 1. The molecule has 2 fully saturated rings. The molecule has 0 bridgehead atoms. The van der Waals surface area contributed by atoms with Crippen LogP contribution in [0.1, 0.15) is 19.8 Å². The van der Waals surface area contributed by atoms with Crippen LogP contribution in [0.25, 0.3) is 0 Å². The van der Waals surface area contributed by atoms with Gasteiger partial charge in [-0.3, -0.25) is 9.69 Å². The topological polar surface area (TPSA) is 41.6 Å². The Balaban J connectivity index is 0.00000128.